The molecule has 0 saturated carbocycles. The Labute approximate surface area is 115 Å². The Morgan fingerprint density at radius 1 is 1.47 bits per heavy atom. The summed E-state index contributed by atoms with van der Waals surface area (Å²) in [5.74, 6) is -0.340. The SMILES string of the molecule is CCOC(=O)c1sc2ncc3c(c2c1N)CCCC3. The Balaban J connectivity index is 2.18. The number of aromatic nitrogens is 1. The van der Waals surface area contributed by atoms with Gasteiger partial charge in [-0.1, -0.05) is 0 Å². The second-order valence-corrected chi connectivity index (χ2v) is 5.71. The van der Waals surface area contributed by atoms with Crippen molar-refractivity contribution in [1.29, 1.82) is 0 Å². The number of aryl methyl sites for hydroxylation is 2. The lowest BCUT2D eigenvalue weighted by Gasteiger charge is -2.16. The minimum atomic E-state index is -0.340. The number of fused-ring (bicyclic) bond motifs is 3. The van der Waals surface area contributed by atoms with Gasteiger partial charge in [-0.2, -0.15) is 0 Å². The average Bonchev–Trinajstić information content (AvgIpc) is 2.77. The molecule has 2 heterocycles. The largest absolute Gasteiger partial charge is 0.462 e. The molecule has 0 aliphatic heterocycles. The summed E-state index contributed by atoms with van der Waals surface area (Å²) < 4.78 is 5.05. The van der Waals surface area contributed by atoms with E-state index in [1.807, 2.05) is 6.20 Å². The van der Waals surface area contributed by atoms with Crippen molar-refractivity contribution >= 4 is 33.2 Å². The van der Waals surface area contributed by atoms with Crippen LogP contribution < -0.4 is 5.73 Å². The lowest BCUT2D eigenvalue weighted by Crippen LogP contribution is -2.06. The maximum Gasteiger partial charge on any atom is 0.350 e. The summed E-state index contributed by atoms with van der Waals surface area (Å²) in [6, 6.07) is 0. The second-order valence-electron chi connectivity index (χ2n) is 4.71. The maximum absolute atomic E-state index is 11.9. The molecular formula is C14H16N2O2S. The first kappa shape index (κ1) is 12.4. The first-order valence-corrected chi connectivity index (χ1v) is 7.40. The summed E-state index contributed by atoms with van der Waals surface area (Å²) in [6.07, 6.45) is 6.40. The molecule has 2 aromatic rings. The van der Waals surface area contributed by atoms with Crippen LogP contribution in [0.4, 0.5) is 5.69 Å². The molecule has 3 rings (SSSR count). The molecule has 0 atom stereocenters. The molecule has 0 spiro atoms. The van der Waals surface area contributed by atoms with Crippen LogP contribution in [0.25, 0.3) is 10.2 Å². The number of nitrogens with zero attached hydrogens (tertiary/aromatic N) is 1. The standard InChI is InChI=1S/C14H16N2O2S/c1-2-18-14(17)12-11(15)10-9-6-4-3-5-8(9)7-16-13(10)19-12/h7H,2-6,15H2,1H3. The minimum Gasteiger partial charge on any atom is -0.462 e. The van der Waals surface area contributed by atoms with Crippen LogP contribution in [-0.2, 0) is 17.6 Å². The molecule has 0 fully saturated rings. The number of carbonyl (C=O) groups is 1. The first-order valence-electron chi connectivity index (χ1n) is 6.58. The molecule has 5 heteroatoms. The molecule has 0 unspecified atom stereocenters. The van der Waals surface area contributed by atoms with Gasteiger partial charge in [-0.05, 0) is 43.7 Å². The molecule has 1 aliphatic carbocycles. The van der Waals surface area contributed by atoms with Gasteiger partial charge in [-0.25, -0.2) is 9.78 Å². The van der Waals surface area contributed by atoms with E-state index in [0.717, 1.165) is 23.1 Å². The number of carbonyl (C=O) groups excluding carboxylic acids is 1. The summed E-state index contributed by atoms with van der Waals surface area (Å²) >= 11 is 1.33. The molecule has 2 aromatic heterocycles. The van der Waals surface area contributed by atoms with Crippen LogP contribution in [-0.4, -0.2) is 17.6 Å². The molecule has 100 valence electrons. The molecule has 0 saturated heterocycles. The van der Waals surface area contributed by atoms with E-state index in [1.165, 1.54) is 35.3 Å². The van der Waals surface area contributed by atoms with Gasteiger partial charge in [0.2, 0.25) is 0 Å². The fourth-order valence-corrected chi connectivity index (χ4v) is 3.64. The third kappa shape index (κ3) is 1.98. The van der Waals surface area contributed by atoms with Crippen molar-refractivity contribution in [2.75, 3.05) is 12.3 Å². The molecule has 0 radical (unpaired) electrons. The van der Waals surface area contributed by atoms with Gasteiger partial charge in [0, 0.05) is 11.6 Å². The summed E-state index contributed by atoms with van der Waals surface area (Å²) in [5, 5.41) is 0.977. The van der Waals surface area contributed by atoms with Crippen LogP contribution in [0.15, 0.2) is 6.20 Å². The zero-order valence-electron chi connectivity index (χ0n) is 10.9. The Kier molecular flexibility index (Phi) is 3.14. The fourth-order valence-electron chi connectivity index (χ4n) is 2.66. The molecule has 4 nitrogen and oxygen atoms in total. The highest BCUT2D eigenvalue weighted by molar-refractivity contribution is 7.21. The van der Waals surface area contributed by atoms with E-state index in [0.29, 0.717) is 17.2 Å². The van der Waals surface area contributed by atoms with Crippen molar-refractivity contribution in [3.8, 4) is 0 Å². The highest BCUT2D eigenvalue weighted by Crippen LogP contribution is 2.38. The average molecular weight is 276 g/mol. The van der Waals surface area contributed by atoms with Crippen LogP contribution in [0.2, 0.25) is 0 Å². The van der Waals surface area contributed by atoms with E-state index in [9.17, 15) is 4.79 Å². The number of anilines is 1. The third-order valence-electron chi connectivity index (χ3n) is 3.54. The summed E-state index contributed by atoms with van der Waals surface area (Å²) in [7, 11) is 0. The van der Waals surface area contributed by atoms with Crippen molar-refractivity contribution < 1.29 is 9.53 Å². The predicted octanol–water partition coefficient (Wildman–Crippen LogP) is 2.93. The van der Waals surface area contributed by atoms with E-state index < -0.39 is 0 Å². The van der Waals surface area contributed by atoms with Crippen LogP contribution in [0, 0.1) is 0 Å². The van der Waals surface area contributed by atoms with Gasteiger partial charge in [0.15, 0.2) is 0 Å². The first-order chi connectivity index (χ1) is 9.22. The molecule has 0 aromatic carbocycles. The molecule has 2 N–H and O–H groups in total. The Morgan fingerprint density at radius 2 is 2.26 bits per heavy atom. The normalized spacial score (nSPS) is 14.4. The number of hydrogen-bond acceptors (Lipinski definition) is 5. The van der Waals surface area contributed by atoms with Gasteiger partial charge in [-0.15, -0.1) is 11.3 Å². The summed E-state index contributed by atoms with van der Waals surface area (Å²) in [4.78, 5) is 17.7. The quantitative estimate of drug-likeness (QED) is 0.856. The van der Waals surface area contributed by atoms with Crippen molar-refractivity contribution in [2.45, 2.75) is 32.6 Å². The number of pyridine rings is 1. The molecule has 1 aliphatic rings. The van der Waals surface area contributed by atoms with Crippen LogP contribution in [0.1, 0.15) is 40.6 Å². The van der Waals surface area contributed by atoms with E-state index in [1.54, 1.807) is 6.92 Å². The van der Waals surface area contributed by atoms with Gasteiger partial charge < -0.3 is 10.5 Å². The van der Waals surface area contributed by atoms with Crippen molar-refractivity contribution in [1.82, 2.24) is 4.98 Å². The van der Waals surface area contributed by atoms with E-state index in [2.05, 4.69) is 4.98 Å². The third-order valence-corrected chi connectivity index (χ3v) is 4.63. The molecule has 0 bridgehead atoms. The van der Waals surface area contributed by atoms with Gasteiger partial charge >= 0.3 is 5.97 Å². The molecular weight excluding hydrogens is 260 g/mol. The van der Waals surface area contributed by atoms with Gasteiger partial charge in [0.05, 0.1) is 12.3 Å². The monoisotopic (exact) mass is 276 g/mol. The Hall–Kier alpha value is -1.62. The molecule has 19 heavy (non-hydrogen) atoms. The number of nitrogen functional groups attached to an aromatic ring is 1. The summed E-state index contributed by atoms with van der Waals surface area (Å²) in [5.41, 5.74) is 9.26. The summed E-state index contributed by atoms with van der Waals surface area (Å²) in [6.45, 7) is 2.15. The Morgan fingerprint density at radius 3 is 3.05 bits per heavy atom. The number of ether oxygens (including phenoxy) is 1. The van der Waals surface area contributed by atoms with Crippen LogP contribution >= 0.6 is 11.3 Å². The van der Waals surface area contributed by atoms with E-state index >= 15 is 0 Å². The van der Waals surface area contributed by atoms with E-state index in [-0.39, 0.29) is 5.97 Å². The minimum absolute atomic E-state index is 0.340. The second kappa shape index (κ2) is 4.81. The lowest BCUT2D eigenvalue weighted by molar-refractivity contribution is 0.0533. The predicted molar refractivity (Wildman–Crippen MR) is 76.6 cm³/mol. The number of nitrogens with two attached hydrogens (primary N) is 1. The van der Waals surface area contributed by atoms with Crippen LogP contribution in [0.5, 0.6) is 0 Å². The highest BCUT2D eigenvalue weighted by atomic mass is 32.1. The smallest absolute Gasteiger partial charge is 0.350 e. The molecule has 0 amide bonds. The van der Waals surface area contributed by atoms with Crippen molar-refractivity contribution in [2.24, 2.45) is 0 Å². The van der Waals surface area contributed by atoms with E-state index in [4.69, 9.17) is 10.5 Å². The number of esters is 1. The van der Waals surface area contributed by atoms with Gasteiger partial charge in [-0.3, -0.25) is 0 Å². The topological polar surface area (TPSA) is 65.2 Å². The van der Waals surface area contributed by atoms with Gasteiger partial charge in [0.25, 0.3) is 0 Å². The Bertz CT molecular complexity index is 648. The van der Waals surface area contributed by atoms with Crippen molar-refractivity contribution in [3.63, 3.8) is 0 Å². The number of thiophene rings is 1. The number of hydrogen-bond donors (Lipinski definition) is 1. The lowest BCUT2D eigenvalue weighted by atomic mass is 9.91. The zero-order chi connectivity index (χ0) is 13.4. The zero-order valence-corrected chi connectivity index (χ0v) is 11.7. The maximum atomic E-state index is 11.9. The van der Waals surface area contributed by atoms with Crippen molar-refractivity contribution in [3.05, 3.63) is 22.2 Å². The fraction of sp³-hybridized carbons (Fsp3) is 0.429. The highest BCUT2D eigenvalue weighted by Gasteiger charge is 2.22. The van der Waals surface area contributed by atoms with Gasteiger partial charge in [0.1, 0.15) is 9.71 Å². The van der Waals surface area contributed by atoms with Crippen LogP contribution in [0.3, 0.4) is 0 Å². The number of rotatable bonds is 2.